The van der Waals surface area contributed by atoms with E-state index in [1.165, 1.54) is 4.88 Å². The first-order valence-corrected chi connectivity index (χ1v) is 7.69. The third-order valence-electron chi connectivity index (χ3n) is 2.88. The van der Waals surface area contributed by atoms with Gasteiger partial charge < -0.3 is 5.11 Å². The molecule has 0 amide bonds. The number of carboxylic acids is 1. The van der Waals surface area contributed by atoms with Crippen molar-refractivity contribution in [1.29, 1.82) is 0 Å². The molecule has 0 saturated carbocycles. The quantitative estimate of drug-likeness (QED) is 0.772. The minimum Gasteiger partial charge on any atom is -0.478 e. The zero-order valence-corrected chi connectivity index (χ0v) is 12.3. The van der Waals surface area contributed by atoms with Gasteiger partial charge in [0.05, 0.1) is 16.1 Å². The molecular formula is C15H11NO2S2. The highest BCUT2D eigenvalue weighted by Gasteiger charge is 2.09. The van der Waals surface area contributed by atoms with Gasteiger partial charge in [-0.05, 0) is 31.2 Å². The van der Waals surface area contributed by atoms with Gasteiger partial charge in [0.25, 0.3) is 0 Å². The van der Waals surface area contributed by atoms with Crippen LogP contribution < -0.4 is 0 Å². The molecule has 0 aliphatic carbocycles. The van der Waals surface area contributed by atoms with E-state index in [9.17, 15) is 4.79 Å². The Labute approximate surface area is 124 Å². The Morgan fingerprint density at radius 1 is 1.15 bits per heavy atom. The Kier molecular flexibility index (Phi) is 3.38. The van der Waals surface area contributed by atoms with Gasteiger partial charge in [0, 0.05) is 15.8 Å². The van der Waals surface area contributed by atoms with Crippen molar-refractivity contribution < 1.29 is 9.90 Å². The van der Waals surface area contributed by atoms with Crippen LogP contribution in [0.15, 0.2) is 41.8 Å². The van der Waals surface area contributed by atoms with Gasteiger partial charge in [-0.25, -0.2) is 9.78 Å². The second-order valence-corrected chi connectivity index (χ2v) is 6.48. The minimum atomic E-state index is -0.912. The van der Waals surface area contributed by atoms with E-state index in [2.05, 4.69) is 24.0 Å². The number of benzene rings is 1. The number of aromatic carboxylic acids is 1. The van der Waals surface area contributed by atoms with E-state index in [1.807, 2.05) is 5.38 Å². The predicted octanol–water partition coefficient (Wildman–Crippen LogP) is 4.55. The molecule has 2 aromatic heterocycles. The molecule has 0 spiro atoms. The maximum atomic E-state index is 10.8. The van der Waals surface area contributed by atoms with Crippen LogP contribution in [0.4, 0.5) is 0 Å². The van der Waals surface area contributed by atoms with Crippen molar-refractivity contribution in [3.05, 3.63) is 52.2 Å². The molecule has 3 aromatic rings. The number of thiazole rings is 1. The lowest BCUT2D eigenvalue weighted by molar-refractivity contribution is 0.0697. The first kappa shape index (κ1) is 13.0. The average molecular weight is 301 g/mol. The number of hydrogen-bond acceptors (Lipinski definition) is 4. The van der Waals surface area contributed by atoms with Crippen LogP contribution in [0.2, 0.25) is 0 Å². The maximum Gasteiger partial charge on any atom is 0.335 e. The van der Waals surface area contributed by atoms with Gasteiger partial charge in [-0.15, -0.1) is 22.7 Å². The lowest BCUT2D eigenvalue weighted by Crippen LogP contribution is -1.94. The summed E-state index contributed by atoms with van der Waals surface area (Å²) in [5, 5.41) is 11.8. The largest absolute Gasteiger partial charge is 0.478 e. The summed E-state index contributed by atoms with van der Waals surface area (Å²) in [5.74, 6) is -0.912. The lowest BCUT2D eigenvalue weighted by Gasteiger charge is -1.97. The first-order valence-electron chi connectivity index (χ1n) is 5.99. The van der Waals surface area contributed by atoms with Crippen LogP contribution in [0.25, 0.3) is 21.1 Å². The molecule has 5 heteroatoms. The molecule has 1 aromatic carbocycles. The Morgan fingerprint density at radius 2 is 1.90 bits per heavy atom. The summed E-state index contributed by atoms with van der Waals surface area (Å²) in [6.07, 6.45) is 0. The number of hydrogen-bond donors (Lipinski definition) is 1. The molecule has 0 unspecified atom stereocenters. The van der Waals surface area contributed by atoms with Crippen molar-refractivity contribution in [3.63, 3.8) is 0 Å². The van der Waals surface area contributed by atoms with E-state index in [4.69, 9.17) is 5.11 Å². The number of rotatable bonds is 3. The SMILES string of the molecule is Cc1ccc(-c2csc(-c3ccc(C(=O)O)cc3)n2)s1. The van der Waals surface area contributed by atoms with Gasteiger partial charge >= 0.3 is 5.97 Å². The van der Waals surface area contributed by atoms with E-state index < -0.39 is 5.97 Å². The molecule has 100 valence electrons. The van der Waals surface area contributed by atoms with Gasteiger partial charge in [-0.1, -0.05) is 12.1 Å². The number of aryl methyl sites for hydroxylation is 1. The highest BCUT2D eigenvalue weighted by Crippen LogP contribution is 2.32. The summed E-state index contributed by atoms with van der Waals surface area (Å²) in [6.45, 7) is 2.08. The molecule has 2 heterocycles. The van der Waals surface area contributed by atoms with Crippen LogP contribution in [0, 0.1) is 6.92 Å². The fourth-order valence-electron chi connectivity index (χ4n) is 1.85. The highest BCUT2D eigenvalue weighted by molar-refractivity contribution is 7.16. The van der Waals surface area contributed by atoms with Crippen molar-refractivity contribution in [1.82, 2.24) is 4.98 Å². The molecule has 20 heavy (non-hydrogen) atoms. The van der Waals surface area contributed by atoms with Gasteiger partial charge in [0.2, 0.25) is 0 Å². The number of nitrogens with zero attached hydrogens (tertiary/aromatic N) is 1. The summed E-state index contributed by atoms with van der Waals surface area (Å²) < 4.78 is 0. The topological polar surface area (TPSA) is 50.2 Å². The zero-order valence-electron chi connectivity index (χ0n) is 10.7. The summed E-state index contributed by atoms with van der Waals surface area (Å²) >= 11 is 3.29. The normalized spacial score (nSPS) is 10.7. The summed E-state index contributed by atoms with van der Waals surface area (Å²) in [4.78, 5) is 17.9. The fourth-order valence-corrected chi connectivity index (χ4v) is 3.58. The standard InChI is InChI=1S/C15H11NO2S2/c1-9-2-7-13(20-9)12-8-19-14(16-12)10-3-5-11(6-4-10)15(17)18/h2-8H,1H3,(H,17,18). The predicted molar refractivity (Wildman–Crippen MR) is 82.6 cm³/mol. The number of carbonyl (C=O) groups is 1. The Hall–Kier alpha value is -1.98. The molecule has 0 fully saturated rings. The van der Waals surface area contributed by atoms with E-state index in [0.717, 1.165) is 21.1 Å². The first-order chi connectivity index (χ1) is 9.63. The second-order valence-electron chi connectivity index (χ2n) is 4.33. The van der Waals surface area contributed by atoms with Crippen molar-refractivity contribution >= 4 is 28.6 Å². The molecule has 0 bridgehead atoms. The van der Waals surface area contributed by atoms with Gasteiger partial charge in [-0.2, -0.15) is 0 Å². The van der Waals surface area contributed by atoms with Crippen molar-refractivity contribution in [2.24, 2.45) is 0 Å². The van der Waals surface area contributed by atoms with E-state index in [-0.39, 0.29) is 0 Å². The molecule has 3 rings (SSSR count). The molecule has 1 N–H and O–H groups in total. The minimum absolute atomic E-state index is 0.291. The summed E-state index contributed by atoms with van der Waals surface area (Å²) in [6, 6.07) is 11.0. The summed E-state index contributed by atoms with van der Waals surface area (Å²) in [5.41, 5.74) is 2.21. The molecule has 0 saturated heterocycles. The Balaban J connectivity index is 1.91. The van der Waals surface area contributed by atoms with Crippen LogP contribution in [0.3, 0.4) is 0 Å². The third kappa shape index (κ3) is 2.50. The average Bonchev–Trinajstić information content (AvgIpc) is 3.07. The van der Waals surface area contributed by atoms with Gasteiger partial charge in [0.15, 0.2) is 0 Å². The van der Waals surface area contributed by atoms with E-state index in [0.29, 0.717) is 5.56 Å². The molecule has 0 aliphatic heterocycles. The summed E-state index contributed by atoms with van der Waals surface area (Å²) in [7, 11) is 0. The maximum absolute atomic E-state index is 10.8. The number of carboxylic acid groups (broad SMARTS) is 1. The third-order valence-corrected chi connectivity index (χ3v) is 4.79. The van der Waals surface area contributed by atoms with Crippen LogP contribution in [0.5, 0.6) is 0 Å². The monoisotopic (exact) mass is 301 g/mol. The van der Waals surface area contributed by atoms with E-state index >= 15 is 0 Å². The van der Waals surface area contributed by atoms with Gasteiger partial charge in [-0.3, -0.25) is 0 Å². The van der Waals surface area contributed by atoms with Crippen LogP contribution in [-0.2, 0) is 0 Å². The van der Waals surface area contributed by atoms with Crippen molar-refractivity contribution in [2.45, 2.75) is 6.92 Å². The zero-order chi connectivity index (χ0) is 14.1. The fraction of sp³-hybridized carbons (Fsp3) is 0.0667. The Bertz CT molecular complexity index is 756. The molecular weight excluding hydrogens is 290 g/mol. The van der Waals surface area contributed by atoms with Crippen LogP contribution in [0.1, 0.15) is 15.2 Å². The molecule has 0 atom stereocenters. The van der Waals surface area contributed by atoms with Gasteiger partial charge in [0.1, 0.15) is 5.01 Å². The molecule has 0 radical (unpaired) electrons. The number of aromatic nitrogens is 1. The van der Waals surface area contributed by atoms with Crippen molar-refractivity contribution in [3.8, 4) is 21.1 Å². The highest BCUT2D eigenvalue weighted by atomic mass is 32.1. The van der Waals surface area contributed by atoms with E-state index in [1.54, 1.807) is 46.9 Å². The van der Waals surface area contributed by atoms with Crippen LogP contribution in [-0.4, -0.2) is 16.1 Å². The number of thiophene rings is 1. The second kappa shape index (κ2) is 5.19. The smallest absolute Gasteiger partial charge is 0.335 e. The molecule has 0 aliphatic rings. The van der Waals surface area contributed by atoms with Crippen LogP contribution >= 0.6 is 22.7 Å². The Morgan fingerprint density at radius 3 is 2.50 bits per heavy atom. The lowest BCUT2D eigenvalue weighted by atomic mass is 10.1. The van der Waals surface area contributed by atoms with Crippen molar-refractivity contribution in [2.75, 3.05) is 0 Å². The molecule has 3 nitrogen and oxygen atoms in total.